The Morgan fingerprint density at radius 1 is 1.50 bits per heavy atom. The topological polar surface area (TPSA) is 29.3 Å². The molecule has 2 N–H and O–H groups in total. The Hall–Kier alpha value is -0.0900. The fourth-order valence-corrected chi connectivity index (χ4v) is 3.42. The Balaban J connectivity index is 1.81. The predicted octanol–water partition coefficient (Wildman–Crippen LogP) is 2.96. The van der Waals surface area contributed by atoms with Gasteiger partial charge in [-0.25, -0.2) is 0 Å². The number of hydrogen-bond donors (Lipinski definition) is 1. The van der Waals surface area contributed by atoms with E-state index in [0.717, 1.165) is 10.9 Å². The van der Waals surface area contributed by atoms with Gasteiger partial charge in [0.1, 0.15) is 0 Å². The third-order valence-electron chi connectivity index (χ3n) is 3.38. The lowest BCUT2D eigenvalue weighted by atomic mass is 9.91. The normalized spacial score (nSPS) is 21.2. The molecular weight excluding hydrogens is 240 g/mol. The second-order valence-electron chi connectivity index (χ2n) is 4.68. The maximum absolute atomic E-state index is 5.93. The van der Waals surface area contributed by atoms with Crippen LogP contribution in [0.25, 0.3) is 0 Å². The second kappa shape index (κ2) is 5.50. The van der Waals surface area contributed by atoms with Gasteiger partial charge in [-0.3, -0.25) is 4.90 Å². The Morgan fingerprint density at radius 2 is 2.19 bits per heavy atom. The van der Waals surface area contributed by atoms with Gasteiger partial charge in [-0.2, -0.15) is 0 Å². The van der Waals surface area contributed by atoms with Crippen LogP contribution in [0, 0.1) is 5.92 Å². The Kier molecular flexibility index (Phi) is 4.25. The third kappa shape index (κ3) is 3.20. The number of likely N-dealkylation sites (tertiary alicyclic amines) is 1. The van der Waals surface area contributed by atoms with Crippen LogP contribution in [0.2, 0.25) is 4.34 Å². The maximum atomic E-state index is 5.93. The highest BCUT2D eigenvalue weighted by Gasteiger charge is 2.21. The van der Waals surface area contributed by atoms with Crippen molar-refractivity contribution in [1.82, 2.24) is 4.90 Å². The molecule has 0 radical (unpaired) electrons. The molecule has 1 aromatic heterocycles. The summed E-state index contributed by atoms with van der Waals surface area (Å²) in [7, 11) is 0. The Labute approximate surface area is 106 Å². The zero-order valence-electron chi connectivity index (χ0n) is 9.66. The maximum Gasteiger partial charge on any atom is 0.0931 e. The molecule has 1 saturated heterocycles. The minimum atomic E-state index is 0.346. The standard InChI is InChI=1S/C12H19ClN2S/c1-9(14)10-4-6-15(7-5-10)8-11-2-3-12(13)16-11/h2-3,9-10H,4-8,14H2,1H3. The molecule has 4 heteroatoms. The number of nitrogens with two attached hydrogens (primary N) is 1. The van der Waals surface area contributed by atoms with Crippen molar-refractivity contribution in [2.24, 2.45) is 11.7 Å². The first-order valence-electron chi connectivity index (χ1n) is 5.87. The fourth-order valence-electron chi connectivity index (χ4n) is 2.29. The van der Waals surface area contributed by atoms with E-state index in [2.05, 4.69) is 17.9 Å². The van der Waals surface area contributed by atoms with Gasteiger partial charge >= 0.3 is 0 Å². The van der Waals surface area contributed by atoms with E-state index in [9.17, 15) is 0 Å². The van der Waals surface area contributed by atoms with Crippen molar-refractivity contribution in [3.63, 3.8) is 0 Å². The van der Waals surface area contributed by atoms with Gasteiger partial charge < -0.3 is 5.73 Å². The van der Waals surface area contributed by atoms with Gasteiger partial charge in [-0.15, -0.1) is 11.3 Å². The molecule has 0 saturated carbocycles. The van der Waals surface area contributed by atoms with Crippen molar-refractivity contribution >= 4 is 22.9 Å². The van der Waals surface area contributed by atoms with Crippen LogP contribution in [0.1, 0.15) is 24.6 Å². The molecule has 1 atom stereocenters. The SMILES string of the molecule is CC(N)C1CCN(Cc2ccc(Cl)s2)CC1. The van der Waals surface area contributed by atoms with Crippen LogP contribution >= 0.6 is 22.9 Å². The van der Waals surface area contributed by atoms with Crippen molar-refractivity contribution in [3.8, 4) is 0 Å². The molecule has 0 amide bonds. The first kappa shape index (κ1) is 12.4. The van der Waals surface area contributed by atoms with E-state index in [4.69, 9.17) is 17.3 Å². The van der Waals surface area contributed by atoms with Gasteiger partial charge in [0.05, 0.1) is 4.34 Å². The van der Waals surface area contributed by atoms with Crippen LogP contribution < -0.4 is 5.73 Å². The highest BCUT2D eigenvalue weighted by Crippen LogP contribution is 2.25. The molecule has 0 bridgehead atoms. The minimum absolute atomic E-state index is 0.346. The lowest BCUT2D eigenvalue weighted by Gasteiger charge is -2.33. The zero-order valence-corrected chi connectivity index (χ0v) is 11.2. The average molecular weight is 259 g/mol. The number of rotatable bonds is 3. The van der Waals surface area contributed by atoms with Crippen molar-refractivity contribution in [3.05, 3.63) is 21.3 Å². The van der Waals surface area contributed by atoms with Gasteiger partial charge in [-0.05, 0) is 50.9 Å². The van der Waals surface area contributed by atoms with E-state index < -0.39 is 0 Å². The summed E-state index contributed by atoms with van der Waals surface area (Å²) in [5.41, 5.74) is 5.93. The molecule has 1 unspecified atom stereocenters. The summed E-state index contributed by atoms with van der Waals surface area (Å²) in [5, 5.41) is 0. The van der Waals surface area contributed by atoms with Crippen LogP contribution in [0.5, 0.6) is 0 Å². The largest absolute Gasteiger partial charge is 0.328 e. The fraction of sp³-hybridized carbons (Fsp3) is 0.667. The van der Waals surface area contributed by atoms with E-state index in [1.165, 1.54) is 30.8 Å². The van der Waals surface area contributed by atoms with Crippen LogP contribution in [-0.2, 0) is 6.54 Å². The van der Waals surface area contributed by atoms with Crippen molar-refractivity contribution < 1.29 is 0 Å². The number of piperidine rings is 1. The summed E-state index contributed by atoms with van der Waals surface area (Å²) < 4.78 is 0.889. The molecular formula is C12H19ClN2S. The van der Waals surface area contributed by atoms with Crippen molar-refractivity contribution in [2.45, 2.75) is 32.4 Å². The van der Waals surface area contributed by atoms with Crippen LogP contribution in [0.4, 0.5) is 0 Å². The van der Waals surface area contributed by atoms with E-state index in [0.29, 0.717) is 12.0 Å². The quantitative estimate of drug-likeness (QED) is 0.903. The summed E-state index contributed by atoms with van der Waals surface area (Å²) in [6, 6.07) is 4.46. The van der Waals surface area contributed by atoms with E-state index >= 15 is 0 Å². The van der Waals surface area contributed by atoms with Gasteiger partial charge in [0, 0.05) is 17.5 Å². The first-order chi connectivity index (χ1) is 7.65. The van der Waals surface area contributed by atoms with Crippen molar-refractivity contribution in [2.75, 3.05) is 13.1 Å². The van der Waals surface area contributed by atoms with Gasteiger partial charge in [0.25, 0.3) is 0 Å². The molecule has 16 heavy (non-hydrogen) atoms. The predicted molar refractivity (Wildman–Crippen MR) is 71.0 cm³/mol. The monoisotopic (exact) mass is 258 g/mol. The molecule has 90 valence electrons. The van der Waals surface area contributed by atoms with Gasteiger partial charge in [-0.1, -0.05) is 11.6 Å². The summed E-state index contributed by atoms with van der Waals surface area (Å²) in [5.74, 6) is 0.711. The smallest absolute Gasteiger partial charge is 0.0931 e. The average Bonchev–Trinajstić information content (AvgIpc) is 2.65. The molecule has 0 aromatic carbocycles. The summed E-state index contributed by atoms with van der Waals surface area (Å²) in [6.07, 6.45) is 2.47. The summed E-state index contributed by atoms with van der Waals surface area (Å²) in [4.78, 5) is 3.87. The highest BCUT2D eigenvalue weighted by atomic mass is 35.5. The van der Waals surface area contributed by atoms with Crippen LogP contribution in [0.15, 0.2) is 12.1 Å². The number of hydrogen-bond acceptors (Lipinski definition) is 3. The lowest BCUT2D eigenvalue weighted by molar-refractivity contribution is 0.167. The van der Waals surface area contributed by atoms with E-state index in [1.54, 1.807) is 11.3 Å². The molecule has 1 aromatic rings. The number of thiophene rings is 1. The molecule has 1 aliphatic rings. The first-order valence-corrected chi connectivity index (χ1v) is 7.07. The summed E-state index contributed by atoms with van der Waals surface area (Å²) in [6.45, 7) is 5.51. The van der Waals surface area contributed by atoms with Gasteiger partial charge in [0.15, 0.2) is 0 Å². The highest BCUT2D eigenvalue weighted by molar-refractivity contribution is 7.16. The minimum Gasteiger partial charge on any atom is -0.328 e. The molecule has 0 spiro atoms. The Bertz CT molecular complexity index is 330. The molecule has 2 heterocycles. The molecule has 2 rings (SSSR count). The van der Waals surface area contributed by atoms with Crippen LogP contribution in [-0.4, -0.2) is 24.0 Å². The molecule has 0 aliphatic carbocycles. The van der Waals surface area contributed by atoms with Crippen LogP contribution in [0.3, 0.4) is 0 Å². The number of halogens is 1. The number of nitrogens with zero attached hydrogens (tertiary/aromatic N) is 1. The van der Waals surface area contributed by atoms with E-state index in [1.807, 2.05) is 6.07 Å². The third-order valence-corrected chi connectivity index (χ3v) is 4.60. The molecule has 1 aliphatic heterocycles. The Morgan fingerprint density at radius 3 is 2.69 bits per heavy atom. The second-order valence-corrected chi connectivity index (χ2v) is 6.48. The lowest BCUT2D eigenvalue weighted by Crippen LogP contribution is -2.39. The zero-order chi connectivity index (χ0) is 11.5. The molecule has 1 fully saturated rings. The van der Waals surface area contributed by atoms with E-state index in [-0.39, 0.29) is 0 Å². The summed E-state index contributed by atoms with van der Waals surface area (Å²) >= 11 is 7.61. The van der Waals surface area contributed by atoms with Gasteiger partial charge in [0.2, 0.25) is 0 Å². The van der Waals surface area contributed by atoms with Crippen molar-refractivity contribution in [1.29, 1.82) is 0 Å². The molecule has 2 nitrogen and oxygen atoms in total.